The molecule has 0 saturated heterocycles. The van der Waals surface area contributed by atoms with Gasteiger partial charge in [-0.15, -0.1) is 0 Å². The third-order valence-corrected chi connectivity index (χ3v) is 3.67. The third kappa shape index (κ3) is 2.58. The normalized spacial score (nSPS) is 14.8. The third-order valence-electron chi connectivity index (χ3n) is 3.67. The van der Waals surface area contributed by atoms with Crippen molar-refractivity contribution in [3.8, 4) is 0 Å². The van der Waals surface area contributed by atoms with Crippen LogP contribution in [0.25, 0.3) is 0 Å². The van der Waals surface area contributed by atoms with Crippen LogP contribution in [0.1, 0.15) is 29.7 Å². The molecule has 2 N–H and O–H groups in total. The predicted molar refractivity (Wildman–Crippen MR) is 75.8 cm³/mol. The molecule has 1 aliphatic rings. The van der Waals surface area contributed by atoms with Crippen molar-refractivity contribution in [2.45, 2.75) is 32.6 Å². The van der Waals surface area contributed by atoms with E-state index in [1.807, 2.05) is 13.0 Å². The zero-order valence-electron chi connectivity index (χ0n) is 11.5. The maximum absolute atomic E-state index is 12.1. The van der Waals surface area contributed by atoms with E-state index in [0.29, 0.717) is 6.54 Å². The summed E-state index contributed by atoms with van der Waals surface area (Å²) in [7, 11) is 0. The summed E-state index contributed by atoms with van der Waals surface area (Å²) in [5.74, 6) is -0.0210. The van der Waals surface area contributed by atoms with E-state index >= 15 is 0 Å². The van der Waals surface area contributed by atoms with E-state index in [2.05, 4.69) is 33.9 Å². The van der Waals surface area contributed by atoms with Gasteiger partial charge in [0.05, 0.1) is 0 Å². The van der Waals surface area contributed by atoms with E-state index in [0.717, 1.165) is 18.7 Å². The summed E-state index contributed by atoms with van der Waals surface area (Å²) >= 11 is 0. The maximum atomic E-state index is 12.1. The predicted octanol–water partition coefficient (Wildman–Crippen LogP) is 1.36. The van der Waals surface area contributed by atoms with Crippen molar-refractivity contribution in [3.63, 3.8) is 0 Å². The van der Waals surface area contributed by atoms with Crippen LogP contribution in [0.5, 0.6) is 0 Å². The molecule has 1 aromatic heterocycles. The first-order chi connectivity index (χ1) is 9.74. The number of carbonyl (C=O) groups is 1. The van der Waals surface area contributed by atoms with Gasteiger partial charge >= 0.3 is 0 Å². The minimum absolute atomic E-state index is 0.0210. The Labute approximate surface area is 118 Å². The fraction of sp³-hybridized carbons (Fsp3) is 0.333. The van der Waals surface area contributed by atoms with E-state index < -0.39 is 0 Å². The van der Waals surface area contributed by atoms with Crippen molar-refractivity contribution in [3.05, 3.63) is 53.3 Å². The van der Waals surface area contributed by atoms with Crippen LogP contribution in [-0.2, 0) is 24.4 Å². The molecule has 2 heterocycles. The van der Waals surface area contributed by atoms with Crippen LogP contribution in [0.15, 0.2) is 36.7 Å². The Bertz CT molecular complexity index is 606. The first-order valence-electron chi connectivity index (χ1n) is 6.82. The maximum Gasteiger partial charge on any atom is 0.244 e. The lowest BCUT2D eigenvalue weighted by molar-refractivity contribution is -0.124. The molecule has 0 radical (unpaired) electrons. The smallest absolute Gasteiger partial charge is 0.244 e. The largest absolute Gasteiger partial charge is 0.350 e. The van der Waals surface area contributed by atoms with Crippen molar-refractivity contribution in [2.75, 3.05) is 0 Å². The van der Waals surface area contributed by atoms with Crippen LogP contribution in [0.2, 0.25) is 0 Å². The lowest BCUT2D eigenvalue weighted by Gasteiger charge is -2.13. The molecule has 0 aliphatic carbocycles. The molecule has 1 aliphatic heterocycles. The molecule has 1 atom stereocenters. The van der Waals surface area contributed by atoms with Gasteiger partial charge in [-0.3, -0.25) is 9.48 Å². The van der Waals surface area contributed by atoms with Crippen molar-refractivity contribution in [1.29, 1.82) is 0 Å². The Balaban J connectivity index is 1.60. The lowest BCUT2D eigenvalue weighted by Crippen LogP contribution is -2.30. The van der Waals surface area contributed by atoms with Gasteiger partial charge in [-0.2, -0.15) is 5.10 Å². The summed E-state index contributed by atoms with van der Waals surface area (Å²) in [4.78, 5) is 12.1. The van der Waals surface area contributed by atoms with Crippen LogP contribution in [0, 0.1) is 0 Å². The van der Waals surface area contributed by atoms with Crippen molar-refractivity contribution in [2.24, 2.45) is 0 Å². The molecule has 0 saturated carbocycles. The van der Waals surface area contributed by atoms with Gasteiger partial charge in [0.2, 0.25) is 5.91 Å². The molecule has 20 heavy (non-hydrogen) atoms. The van der Waals surface area contributed by atoms with Gasteiger partial charge in [0, 0.05) is 32.0 Å². The number of hydrogen-bond acceptors (Lipinski definition) is 3. The Morgan fingerprint density at radius 3 is 3.10 bits per heavy atom. The molecule has 1 aromatic carbocycles. The van der Waals surface area contributed by atoms with Gasteiger partial charge in [-0.1, -0.05) is 18.2 Å². The molecule has 0 fully saturated rings. The fourth-order valence-corrected chi connectivity index (χ4v) is 2.42. The highest BCUT2D eigenvalue weighted by Crippen LogP contribution is 2.17. The summed E-state index contributed by atoms with van der Waals surface area (Å²) in [6, 6.07) is 7.89. The molecule has 0 spiro atoms. The molecule has 0 bridgehead atoms. The van der Waals surface area contributed by atoms with Crippen LogP contribution < -0.4 is 10.6 Å². The second-order valence-corrected chi connectivity index (χ2v) is 5.09. The van der Waals surface area contributed by atoms with E-state index in [-0.39, 0.29) is 11.9 Å². The van der Waals surface area contributed by atoms with Crippen molar-refractivity contribution < 1.29 is 4.79 Å². The Morgan fingerprint density at radius 1 is 1.45 bits per heavy atom. The molecular weight excluding hydrogens is 252 g/mol. The molecule has 1 unspecified atom stereocenters. The first-order valence-corrected chi connectivity index (χ1v) is 6.82. The van der Waals surface area contributed by atoms with E-state index in [9.17, 15) is 4.79 Å². The number of carbonyl (C=O) groups excluding carboxylic acids is 1. The highest BCUT2D eigenvalue weighted by atomic mass is 16.2. The van der Waals surface area contributed by atoms with Crippen molar-refractivity contribution in [1.82, 2.24) is 20.4 Å². The number of rotatable bonds is 4. The zero-order valence-corrected chi connectivity index (χ0v) is 11.5. The van der Waals surface area contributed by atoms with E-state index in [4.69, 9.17) is 0 Å². The molecule has 3 rings (SSSR count). The minimum Gasteiger partial charge on any atom is -0.350 e. The summed E-state index contributed by atoms with van der Waals surface area (Å²) in [6.07, 6.45) is 3.47. The number of benzene rings is 1. The first kappa shape index (κ1) is 12.9. The van der Waals surface area contributed by atoms with Crippen LogP contribution >= 0.6 is 0 Å². The second kappa shape index (κ2) is 5.46. The summed E-state index contributed by atoms with van der Waals surface area (Å²) < 4.78 is 1.65. The minimum atomic E-state index is -0.291. The molecule has 2 aromatic rings. The van der Waals surface area contributed by atoms with Crippen LogP contribution in [-0.4, -0.2) is 15.7 Å². The number of nitrogens with one attached hydrogen (secondary N) is 2. The SMILES string of the molecule is CC(C(=O)NCc1ccc2c(c1)CNC2)n1cccn1. The summed E-state index contributed by atoms with van der Waals surface area (Å²) in [6.45, 7) is 4.26. The molecule has 5 heteroatoms. The molecule has 104 valence electrons. The highest BCUT2D eigenvalue weighted by molar-refractivity contribution is 5.79. The fourth-order valence-electron chi connectivity index (χ4n) is 2.42. The lowest BCUT2D eigenvalue weighted by atomic mass is 10.1. The quantitative estimate of drug-likeness (QED) is 0.882. The van der Waals surface area contributed by atoms with E-state index in [1.54, 1.807) is 17.1 Å². The van der Waals surface area contributed by atoms with Crippen LogP contribution in [0.4, 0.5) is 0 Å². The van der Waals surface area contributed by atoms with Gasteiger partial charge < -0.3 is 10.6 Å². The Hall–Kier alpha value is -2.14. The number of amides is 1. The Kier molecular flexibility index (Phi) is 3.52. The average Bonchev–Trinajstić information content (AvgIpc) is 3.13. The number of nitrogens with zero attached hydrogens (tertiary/aromatic N) is 2. The number of hydrogen-bond donors (Lipinski definition) is 2. The zero-order chi connectivity index (χ0) is 13.9. The number of aromatic nitrogens is 2. The summed E-state index contributed by atoms with van der Waals surface area (Å²) in [5, 5.41) is 10.4. The topological polar surface area (TPSA) is 59.0 Å². The average molecular weight is 270 g/mol. The molecule has 5 nitrogen and oxygen atoms in total. The van der Waals surface area contributed by atoms with Crippen molar-refractivity contribution >= 4 is 5.91 Å². The standard InChI is InChI=1S/C15H18N4O/c1-11(19-6-2-5-18-19)15(20)17-8-12-3-4-13-9-16-10-14(13)7-12/h2-7,11,16H,8-10H2,1H3,(H,17,20). The van der Waals surface area contributed by atoms with Crippen LogP contribution in [0.3, 0.4) is 0 Å². The summed E-state index contributed by atoms with van der Waals surface area (Å²) in [5.41, 5.74) is 3.82. The van der Waals surface area contributed by atoms with Gasteiger partial charge in [0.1, 0.15) is 6.04 Å². The second-order valence-electron chi connectivity index (χ2n) is 5.09. The molecular formula is C15H18N4O. The Morgan fingerprint density at radius 2 is 2.30 bits per heavy atom. The van der Waals surface area contributed by atoms with E-state index in [1.165, 1.54) is 11.1 Å². The van der Waals surface area contributed by atoms with Gasteiger partial charge in [-0.25, -0.2) is 0 Å². The number of fused-ring (bicyclic) bond motifs is 1. The van der Waals surface area contributed by atoms with Gasteiger partial charge in [-0.05, 0) is 29.7 Å². The monoisotopic (exact) mass is 270 g/mol. The molecule has 1 amide bonds. The highest BCUT2D eigenvalue weighted by Gasteiger charge is 2.15. The van der Waals surface area contributed by atoms with Gasteiger partial charge in [0.15, 0.2) is 0 Å². The van der Waals surface area contributed by atoms with Gasteiger partial charge in [0.25, 0.3) is 0 Å².